The lowest BCUT2D eigenvalue weighted by Gasteiger charge is -2.20. The van der Waals surface area contributed by atoms with E-state index in [9.17, 15) is 5.11 Å². The third-order valence-electron chi connectivity index (χ3n) is 4.96. The Labute approximate surface area is 152 Å². The number of aliphatic hydroxyl groups is 1. The Morgan fingerprint density at radius 1 is 1.16 bits per heavy atom. The molecule has 0 fully saturated rings. The maximum Gasteiger partial charge on any atom is 0.118 e. The Balaban J connectivity index is 2.13. The number of hydrogen-bond donors (Lipinski definition) is 1. The van der Waals surface area contributed by atoms with E-state index in [0.29, 0.717) is 12.2 Å². The summed E-state index contributed by atoms with van der Waals surface area (Å²) < 4.78 is 5.25. The highest BCUT2D eigenvalue weighted by Gasteiger charge is 2.16. The highest BCUT2D eigenvalue weighted by molar-refractivity contribution is 5.72. The second kappa shape index (κ2) is 8.75. The quantitative estimate of drug-likeness (QED) is 0.556. The van der Waals surface area contributed by atoms with Gasteiger partial charge in [-0.1, -0.05) is 41.0 Å². The van der Waals surface area contributed by atoms with Crippen LogP contribution in [-0.4, -0.2) is 12.2 Å². The molecule has 1 aliphatic carbocycles. The van der Waals surface area contributed by atoms with Gasteiger partial charge in [0.2, 0.25) is 0 Å². The van der Waals surface area contributed by atoms with Gasteiger partial charge in [0.25, 0.3) is 0 Å². The summed E-state index contributed by atoms with van der Waals surface area (Å²) in [5, 5.41) is 10.00. The van der Waals surface area contributed by atoms with Crippen LogP contribution in [0, 0.1) is 0 Å². The minimum Gasteiger partial charge on any atom is -0.512 e. The third-order valence-corrected chi connectivity index (χ3v) is 4.96. The predicted molar refractivity (Wildman–Crippen MR) is 107 cm³/mol. The lowest BCUT2D eigenvalue weighted by molar-refractivity contribution is 0.398. The SMILES string of the molecule is C=C(CCC1=C(c2ccc(OC)cc2)CC(O)=CC1)CC(C)=C(C)C. The molecule has 1 aromatic carbocycles. The van der Waals surface area contributed by atoms with Gasteiger partial charge in [0.15, 0.2) is 0 Å². The van der Waals surface area contributed by atoms with Gasteiger partial charge in [-0.3, -0.25) is 0 Å². The van der Waals surface area contributed by atoms with Crippen LogP contribution in [0.4, 0.5) is 0 Å². The summed E-state index contributed by atoms with van der Waals surface area (Å²) in [6.07, 6.45) is 6.35. The molecule has 2 rings (SSSR count). The van der Waals surface area contributed by atoms with Crippen molar-refractivity contribution in [2.45, 2.75) is 52.9 Å². The lowest BCUT2D eigenvalue weighted by atomic mass is 9.87. The number of aliphatic hydroxyl groups excluding tert-OH is 1. The van der Waals surface area contributed by atoms with Gasteiger partial charge in [0, 0.05) is 6.42 Å². The number of hydrogen-bond acceptors (Lipinski definition) is 2. The standard InChI is InChI=1S/C23H30O2/c1-16(2)18(4)14-17(3)6-7-19-8-11-21(24)15-23(19)20-9-12-22(25-5)13-10-20/h9-13,24H,3,6-8,14-15H2,1-2,4-5H3. The molecular weight excluding hydrogens is 308 g/mol. The Hall–Kier alpha value is -2.22. The van der Waals surface area contributed by atoms with Gasteiger partial charge in [0.1, 0.15) is 5.75 Å². The van der Waals surface area contributed by atoms with Crippen LogP contribution < -0.4 is 4.74 Å². The van der Waals surface area contributed by atoms with E-state index < -0.39 is 0 Å². The van der Waals surface area contributed by atoms with Crippen molar-refractivity contribution >= 4 is 5.57 Å². The summed E-state index contributed by atoms with van der Waals surface area (Å²) in [5.74, 6) is 1.32. The van der Waals surface area contributed by atoms with Gasteiger partial charge < -0.3 is 9.84 Å². The average Bonchev–Trinajstić information content (AvgIpc) is 2.60. The minimum atomic E-state index is 0.466. The molecule has 0 aromatic heterocycles. The molecule has 0 spiro atoms. The molecular formula is C23H30O2. The smallest absolute Gasteiger partial charge is 0.118 e. The van der Waals surface area contributed by atoms with E-state index in [2.05, 4.69) is 39.5 Å². The van der Waals surface area contributed by atoms with Crippen molar-refractivity contribution in [3.8, 4) is 5.75 Å². The first-order chi connectivity index (χ1) is 11.9. The molecule has 2 heteroatoms. The van der Waals surface area contributed by atoms with Crippen LogP contribution in [0.1, 0.15) is 58.4 Å². The molecule has 0 atom stereocenters. The topological polar surface area (TPSA) is 29.5 Å². The summed E-state index contributed by atoms with van der Waals surface area (Å²) in [6, 6.07) is 8.11. The molecule has 0 saturated carbocycles. The number of allylic oxidation sites excluding steroid dienone is 6. The maximum atomic E-state index is 10.00. The first-order valence-corrected chi connectivity index (χ1v) is 8.93. The summed E-state index contributed by atoms with van der Waals surface area (Å²) in [7, 11) is 1.68. The number of ether oxygens (including phenoxy) is 1. The molecule has 134 valence electrons. The van der Waals surface area contributed by atoms with E-state index in [-0.39, 0.29) is 0 Å². The van der Waals surface area contributed by atoms with Crippen molar-refractivity contribution in [2.75, 3.05) is 7.11 Å². The fourth-order valence-corrected chi connectivity index (χ4v) is 3.06. The number of methoxy groups -OCH3 is 1. The van der Waals surface area contributed by atoms with Crippen LogP contribution in [0.25, 0.3) is 5.57 Å². The van der Waals surface area contributed by atoms with E-state index >= 15 is 0 Å². The van der Waals surface area contributed by atoms with Gasteiger partial charge in [0.05, 0.1) is 12.9 Å². The summed E-state index contributed by atoms with van der Waals surface area (Å²) in [5.41, 5.74) is 7.88. The molecule has 1 aliphatic rings. The molecule has 0 radical (unpaired) electrons. The van der Waals surface area contributed by atoms with E-state index in [1.165, 1.54) is 33.4 Å². The highest BCUT2D eigenvalue weighted by Crippen LogP contribution is 2.35. The predicted octanol–water partition coefficient (Wildman–Crippen LogP) is 6.77. The summed E-state index contributed by atoms with van der Waals surface area (Å²) >= 11 is 0. The Morgan fingerprint density at radius 2 is 1.84 bits per heavy atom. The van der Waals surface area contributed by atoms with Crippen LogP contribution in [0.15, 0.2) is 65.0 Å². The van der Waals surface area contributed by atoms with Crippen LogP contribution in [0.3, 0.4) is 0 Å². The normalized spacial score (nSPS) is 14.2. The first kappa shape index (κ1) is 19.1. The first-order valence-electron chi connectivity index (χ1n) is 8.93. The highest BCUT2D eigenvalue weighted by atomic mass is 16.5. The van der Waals surface area contributed by atoms with Crippen LogP contribution in [0.2, 0.25) is 0 Å². The molecule has 0 saturated heterocycles. The number of benzene rings is 1. The maximum absolute atomic E-state index is 10.00. The van der Waals surface area contributed by atoms with Crippen LogP contribution >= 0.6 is 0 Å². The van der Waals surface area contributed by atoms with Crippen molar-refractivity contribution in [1.29, 1.82) is 0 Å². The molecule has 0 aliphatic heterocycles. The summed E-state index contributed by atoms with van der Waals surface area (Å²) in [6.45, 7) is 10.8. The van der Waals surface area contributed by atoms with Gasteiger partial charge in [-0.05, 0) is 75.8 Å². The van der Waals surface area contributed by atoms with Crippen molar-refractivity contribution in [2.24, 2.45) is 0 Å². The fraction of sp³-hybridized carbons (Fsp3) is 0.391. The van der Waals surface area contributed by atoms with Crippen LogP contribution in [0.5, 0.6) is 5.75 Å². The van der Waals surface area contributed by atoms with Crippen molar-refractivity contribution < 1.29 is 9.84 Å². The monoisotopic (exact) mass is 338 g/mol. The van der Waals surface area contributed by atoms with Gasteiger partial charge in [-0.15, -0.1) is 0 Å². The molecule has 0 unspecified atom stereocenters. The van der Waals surface area contributed by atoms with E-state index in [0.717, 1.165) is 31.4 Å². The van der Waals surface area contributed by atoms with E-state index in [1.807, 2.05) is 18.2 Å². The van der Waals surface area contributed by atoms with Crippen molar-refractivity contribution in [1.82, 2.24) is 0 Å². The minimum absolute atomic E-state index is 0.466. The zero-order chi connectivity index (χ0) is 18.4. The van der Waals surface area contributed by atoms with Gasteiger partial charge in [-0.25, -0.2) is 0 Å². The largest absolute Gasteiger partial charge is 0.512 e. The van der Waals surface area contributed by atoms with Crippen LogP contribution in [-0.2, 0) is 0 Å². The lowest BCUT2D eigenvalue weighted by Crippen LogP contribution is -2.01. The Bertz CT molecular complexity index is 711. The molecule has 1 N–H and O–H groups in total. The fourth-order valence-electron chi connectivity index (χ4n) is 3.06. The average molecular weight is 338 g/mol. The molecule has 0 amide bonds. The molecule has 0 bridgehead atoms. The Kier molecular flexibility index (Phi) is 6.69. The molecule has 2 nitrogen and oxygen atoms in total. The van der Waals surface area contributed by atoms with E-state index in [4.69, 9.17) is 4.74 Å². The zero-order valence-electron chi connectivity index (χ0n) is 16.0. The number of rotatable bonds is 7. The summed E-state index contributed by atoms with van der Waals surface area (Å²) in [4.78, 5) is 0. The zero-order valence-corrected chi connectivity index (χ0v) is 16.0. The van der Waals surface area contributed by atoms with Gasteiger partial charge >= 0.3 is 0 Å². The van der Waals surface area contributed by atoms with E-state index in [1.54, 1.807) is 7.11 Å². The molecule has 0 heterocycles. The van der Waals surface area contributed by atoms with Crippen molar-refractivity contribution in [3.05, 3.63) is 70.5 Å². The molecule has 25 heavy (non-hydrogen) atoms. The molecule has 1 aromatic rings. The Morgan fingerprint density at radius 3 is 2.44 bits per heavy atom. The van der Waals surface area contributed by atoms with Gasteiger partial charge in [-0.2, -0.15) is 0 Å². The second-order valence-corrected chi connectivity index (χ2v) is 7.09. The third kappa shape index (κ3) is 5.38. The van der Waals surface area contributed by atoms with Crippen molar-refractivity contribution in [3.63, 3.8) is 0 Å². The second-order valence-electron chi connectivity index (χ2n) is 7.09.